The number of piperidine rings is 1. The number of amides is 1. The molecule has 0 saturated carbocycles. The summed E-state index contributed by atoms with van der Waals surface area (Å²) in [6, 6.07) is 0.0252. The average Bonchev–Trinajstić information content (AvgIpc) is 2.82. The molecule has 2 rings (SSSR count). The number of hydrogen-bond acceptors (Lipinski definition) is 5. The molecule has 0 unspecified atom stereocenters. The standard InChI is InChI=1S/C10H15N3O3S2/c1-18(15,16)13-4-2-8(3-5-13)12-10(14)9-6-17-7-11-9/h6-8H,2-5H2,1H3,(H,12,14). The van der Waals surface area contributed by atoms with Gasteiger partial charge in [-0.2, -0.15) is 0 Å². The first-order valence-electron chi connectivity index (χ1n) is 5.61. The van der Waals surface area contributed by atoms with Crippen LogP contribution in [0.1, 0.15) is 23.3 Å². The van der Waals surface area contributed by atoms with Crippen molar-refractivity contribution in [2.45, 2.75) is 18.9 Å². The lowest BCUT2D eigenvalue weighted by Crippen LogP contribution is -2.46. The Morgan fingerprint density at radius 1 is 1.50 bits per heavy atom. The van der Waals surface area contributed by atoms with Crippen LogP contribution in [0.5, 0.6) is 0 Å². The van der Waals surface area contributed by atoms with Gasteiger partial charge in [0.1, 0.15) is 5.69 Å². The first-order valence-corrected chi connectivity index (χ1v) is 8.40. The van der Waals surface area contributed by atoms with Crippen molar-refractivity contribution in [2.24, 2.45) is 0 Å². The molecule has 1 aliphatic heterocycles. The largest absolute Gasteiger partial charge is 0.348 e. The van der Waals surface area contributed by atoms with Gasteiger partial charge in [-0.15, -0.1) is 11.3 Å². The molecule has 1 saturated heterocycles. The third kappa shape index (κ3) is 3.27. The molecule has 0 bridgehead atoms. The molecule has 18 heavy (non-hydrogen) atoms. The predicted octanol–water partition coefficient (Wildman–Crippen LogP) is 0.297. The van der Waals surface area contributed by atoms with Crippen molar-refractivity contribution in [2.75, 3.05) is 19.3 Å². The van der Waals surface area contributed by atoms with E-state index in [0.29, 0.717) is 31.6 Å². The molecule has 100 valence electrons. The number of carbonyl (C=O) groups is 1. The van der Waals surface area contributed by atoms with Crippen LogP contribution >= 0.6 is 11.3 Å². The number of nitrogens with zero attached hydrogens (tertiary/aromatic N) is 2. The maximum Gasteiger partial charge on any atom is 0.270 e. The molecule has 1 aromatic rings. The maximum absolute atomic E-state index is 11.8. The van der Waals surface area contributed by atoms with Crippen molar-refractivity contribution in [3.05, 3.63) is 16.6 Å². The van der Waals surface area contributed by atoms with Crippen LogP contribution in [0.4, 0.5) is 0 Å². The summed E-state index contributed by atoms with van der Waals surface area (Å²) in [5, 5.41) is 4.57. The van der Waals surface area contributed by atoms with Gasteiger partial charge in [0.05, 0.1) is 11.8 Å². The summed E-state index contributed by atoms with van der Waals surface area (Å²) < 4.78 is 24.1. The van der Waals surface area contributed by atoms with Crippen molar-refractivity contribution in [3.63, 3.8) is 0 Å². The van der Waals surface area contributed by atoms with Gasteiger partial charge in [0.2, 0.25) is 10.0 Å². The molecule has 1 aliphatic rings. The number of hydrogen-bond donors (Lipinski definition) is 1. The van der Waals surface area contributed by atoms with Crippen LogP contribution in [-0.2, 0) is 10.0 Å². The van der Waals surface area contributed by atoms with E-state index in [1.807, 2.05) is 0 Å². The Hall–Kier alpha value is -0.990. The van der Waals surface area contributed by atoms with Crippen molar-refractivity contribution in [1.29, 1.82) is 0 Å². The highest BCUT2D eigenvalue weighted by Gasteiger charge is 2.26. The van der Waals surface area contributed by atoms with E-state index in [4.69, 9.17) is 0 Å². The van der Waals surface area contributed by atoms with E-state index >= 15 is 0 Å². The fourth-order valence-electron chi connectivity index (χ4n) is 1.92. The quantitative estimate of drug-likeness (QED) is 0.868. The van der Waals surface area contributed by atoms with E-state index in [9.17, 15) is 13.2 Å². The smallest absolute Gasteiger partial charge is 0.270 e. The summed E-state index contributed by atoms with van der Waals surface area (Å²) in [6.07, 6.45) is 2.49. The van der Waals surface area contributed by atoms with Gasteiger partial charge in [-0.05, 0) is 12.8 Å². The number of aromatic nitrogens is 1. The van der Waals surface area contributed by atoms with Gasteiger partial charge in [-0.3, -0.25) is 4.79 Å². The Balaban J connectivity index is 1.86. The van der Waals surface area contributed by atoms with Crippen molar-refractivity contribution in [3.8, 4) is 0 Å². The van der Waals surface area contributed by atoms with Crippen LogP contribution in [0.3, 0.4) is 0 Å². The molecule has 0 spiro atoms. The summed E-state index contributed by atoms with van der Waals surface area (Å²) in [6.45, 7) is 0.918. The molecule has 1 aromatic heterocycles. The minimum Gasteiger partial charge on any atom is -0.348 e. The number of carbonyl (C=O) groups excluding carboxylic acids is 1. The van der Waals surface area contributed by atoms with E-state index in [-0.39, 0.29) is 11.9 Å². The summed E-state index contributed by atoms with van der Waals surface area (Å²) in [7, 11) is -3.11. The Bertz CT molecular complexity index is 504. The van der Waals surface area contributed by atoms with Crippen molar-refractivity contribution >= 4 is 27.3 Å². The number of thiazole rings is 1. The van der Waals surface area contributed by atoms with Gasteiger partial charge in [0.25, 0.3) is 5.91 Å². The van der Waals surface area contributed by atoms with E-state index in [1.165, 1.54) is 21.9 Å². The zero-order valence-electron chi connectivity index (χ0n) is 10.00. The summed E-state index contributed by atoms with van der Waals surface area (Å²) >= 11 is 1.37. The minimum atomic E-state index is -3.11. The van der Waals surface area contributed by atoms with Gasteiger partial charge in [0, 0.05) is 24.5 Å². The van der Waals surface area contributed by atoms with Crippen molar-refractivity contribution < 1.29 is 13.2 Å². The zero-order chi connectivity index (χ0) is 13.2. The summed E-state index contributed by atoms with van der Waals surface area (Å²) in [5.41, 5.74) is 2.03. The molecule has 0 atom stereocenters. The van der Waals surface area contributed by atoms with Gasteiger partial charge in [0.15, 0.2) is 0 Å². The molecule has 1 N–H and O–H groups in total. The lowest BCUT2D eigenvalue weighted by Gasteiger charge is -2.30. The van der Waals surface area contributed by atoms with Crippen molar-refractivity contribution in [1.82, 2.24) is 14.6 Å². The molecule has 0 aliphatic carbocycles. The lowest BCUT2D eigenvalue weighted by atomic mass is 10.1. The monoisotopic (exact) mass is 289 g/mol. The second-order valence-corrected chi connectivity index (χ2v) is 6.98. The van der Waals surface area contributed by atoms with E-state index in [1.54, 1.807) is 10.9 Å². The number of rotatable bonds is 3. The highest BCUT2D eigenvalue weighted by atomic mass is 32.2. The molecular formula is C10H15N3O3S2. The van der Waals surface area contributed by atoms with Gasteiger partial charge in [-0.1, -0.05) is 0 Å². The van der Waals surface area contributed by atoms with Crippen LogP contribution in [0, 0.1) is 0 Å². The molecule has 1 amide bonds. The molecular weight excluding hydrogens is 274 g/mol. The van der Waals surface area contributed by atoms with Gasteiger partial charge >= 0.3 is 0 Å². The van der Waals surface area contributed by atoms with E-state index in [2.05, 4.69) is 10.3 Å². The summed E-state index contributed by atoms with van der Waals surface area (Å²) in [5.74, 6) is -0.186. The SMILES string of the molecule is CS(=O)(=O)N1CCC(NC(=O)c2cscn2)CC1. The Morgan fingerprint density at radius 3 is 2.67 bits per heavy atom. The van der Waals surface area contributed by atoms with Crippen LogP contribution in [0.2, 0.25) is 0 Å². The van der Waals surface area contributed by atoms with Crippen LogP contribution in [-0.4, -0.2) is 49.0 Å². The van der Waals surface area contributed by atoms with Gasteiger partial charge < -0.3 is 5.32 Å². The van der Waals surface area contributed by atoms with Crippen LogP contribution in [0.15, 0.2) is 10.9 Å². The molecule has 0 radical (unpaired) electrons. The predicted molar refractivity (Wildman–Crippen MR) is 69.0 cm³/mol. The third-order valence-electron chi connectivity index (χ3n) is 2.92. The molecule has 6 nitrogen and oxygen atoms in total. The second kappa shape index (κ2) is 5.33. The van der Waals surface area contributed by atoms with Crippen LogP contribution < -0.4 is 5.32 Å². The fraction of sp³-hybridized carbons (Fsp3) is 0.600. The number of sulfonamides is 1. The van der Waals surface area contributed by atoms with E-state index < -0.39 is 10.0 Å². The second-order valence-electron chi connectivity index (χ2n) is 4.28. The number of nitrogens with one attached hydrogen (secondary N) is 1. The topological polar surface area (TPSA) is 79.4 Å². The minimum absolute atomic E-state index is 0.0252. The average molecular weight is 289 g/mol. The Morgan fingerprint density at radius 2 is 2.17 bits per heavy atom. The Kier molecular flexibility index (Phi) is 3.98. The maximum atomic E-state index is 11.8. The molecule has 1 fully saturated rings. The van der Waals surface area contributed by atoms with E-state index in [0.717, 1.165) is 0 Å². The van der Waals surface area contributed by atoms with Gasteiger partial charge in [-0.25, -0.2) is 17.7 Å². The third-order valence-corrected chi connectivity index (χ3v) is 4.81. The molecule has 2 heterocycles. The first-order chi connectivity index (χ1) is 8.47. The Labute approximate surface area is 110 Å². The highest BCUT2D eigenvalue weighted by Crippen LogP contribution is 2.13. The molecule has 0 aromatic carbocycles. The molecule has 8 heteroatoms. The normalized spacial score (nSPS) is 18.7. The summed E-state index contributed by atoms with van der Waals surface area (Å²) in [4.78, 5) is 15.7. The highest BCUT2D eigenvalue weighted by molar-refractivity contribution is 7.88. The zero-order valence-corrected chi connectivity index (χ0v) is 11.6. The van der Waals surface area contributed by atoms with Crippen LogP contribution in [0.25, 0.3) is 0 Å². The first kappa shape index (κ1) is 13.4. The fourth-order valence-corrected chi connectivity index (χ4v) is 3.32. The lowest BCUT2D eigenvalue weighted by molar-refractivity contribution is 0.0919.